The maximum atomic E-state index is 12.4. The number of esters is 1. The van der Waals surface area contributed by atoms with E-state index in [1.807, 2.05) is 0 Å². The molecule has 320 valence electrons. The number of ether oxygens (including phenoxy) is 2. The minimum absolute atomic E-state index is 0.0801. The van der Waals surface area contributed by atoms with Crippen LogP contribution in [0.25, 0.3) is 0 Å². The molecule has 0 aromatic heterocycles. The van der Waals surface area contributed by atoms with Gasteiger partial charge in [0.25, 0.3) is 0 Å². The summed E-state index contributed by atoms with van der Waals surface area (Å²) in [5, 5.41) is 12.2. The summed E-state index contributed by atoms with van der Waals surface area (Å²) < 4.78 is 11.6. The van der Waals surface area contributed by atoms with E-state index in [2.05, 4.69) is 39.9 Å². The fraction of sp³-hybridized carbons (Fsp3) is 0.979. The Morgan fingerprint density at radius 3 is 1.34 bits per heavy atom. The number of carbonyl (C=O) groups excluding carboxylic acids is 1. The Morgan fingerprint density at radius 2 is 0.830 bits per heavy atom. The maximum Gasteiger partial charge on any atom is 0.308 e. The van der Waals surface area contributed by atoms with E-state index in [-0.39, 0.29) is 11.9 Å². The van der Waals surface area contributed by atoms with Crippen molar-refractivity contribution in [2.24, 2.45) is 11.8 Å². The van der Waals surface area contributed by atoms with Gasteiger partial charge in [-0.1, -0.05) is 195 Å². The molecule has 0 aliphatic rings. The first-order valence-corrected chi connectivity index (χ1v) is 24.2. The third-order valence-electron chi connectivity index (χ3n) is 10.8. The highest BCUT2D eigenvalue weighted by Gasteiger charge is 2.19. The van der Waals surface area contributed by atoms with Crippen LogP contribution in [0.3, 0.4) is 0 Å². The molecule has 2 N–H and O–H groups in total. The Balaban J connectivity index is 0. The van der Waals surface area contributed by atoms with Crippen molar-refractivity contribution >= 4 is 5.97 Å². The summed E-state index contributed by atoms with van der Waals surface area (Å²) in [7, 11) is 0. The Bertz CT molecular complexity index is 659. The van der Waals surface area contributed by atoms with Crippen LogP contribution in [0.4, 0.5) is 0 Å². The summed E-state index contributed by atoms with van der Waals surface area (Å²) in [5.74, 6) is 1.02. The standard InChI is InChI=1S/C26H55NO2.C22H44O2/c1-3-5-7-9-10-14-20-26(19-13-8-6-4-2)25-29-24-18-12-11-15-21-27-22-16-17-23-28;1-4-7-10-13-14-16-19-21(18-15-11-8-5-2)22(23)24-20-17-12-9-6-3/h26-28H,3-25H2,1-2H3;21H,4-20H2,1-3H3. The number of aliphatic hydroxyl groups excluding tert-OH is 1. The fourth-order valence-corrected chi connectivity index (χ4v) is 7.12. The highest BCUT2D eigenvalue weighted by Crippen LogP contribution is 2.22. The molecule has 0 saturated carbocycles. The van der Waals surface area contributed by atoms with E-state index in [9.17, 15) is 4.79 Å². The van der Waals surface area contributed by atoms with E-state index in [0.717, 1.165) is 64.3 Å². The summed E-state index contributed by atoms with van der Waals surface area (Å²) in [6.45, 7) is 16.3. The normalized spacial score (nSPS) is 12.4. The third kappa shape index (κ3) is 45.6. The quantitative estimate of drug-likeness (QED) is 0.0479. The second-order valence-corrected chi connectivity index (χ2v) is 16.3. The second kappa shape index (κ2) is 49.4. The first kappa shape index (κ1) is 54.5. The van der Waals surface area contributed by atoms with E-state index in [4.69, 9.17) is 14.6 Å². The van der Waals surface area contributed by atoms with Gasteiger partial charge in [0, 0.05) is 19.8 Å². The smallest absolute Gasteiger partial charge is 0.308 e. The Kier molecular flexibility index (Phi) is 50.7. The van der Waals surface area contributed by atoms with Crippen molar-refractivity contribution in [1.82, 2.24) is 5.32 Å². The van der Waals surface area contributed by atoms with Crippen LogP contribution in [0.1, 0.15) is 253 Å². The van der Waals surface area contributed by atoms with Crippen LogP contribution in [0.15, 0.2) is 0 Å². The Morgan fingerprint density at radius 1 is 0.453 bits per heavy atom. The molecule has 0 amide bonds. The van der Waals surface area contributed by atoms with Crippen LogP contribution < -0.4 is 5.32 Å². The molecule has 0 aromatic carbocycles. The molecule has 0 rings (SSSR count). The van der Waals surface area contributed by atoms with Crippen molar-refractivity contribution in [1.29, 1.82) is 0 Å². The zero-order valence-electron chi connectivity index (χ0n) is 37.1. The van der Waals surface area contributed by atoms with Gasteiger partial charge in [-0.2, -0.15) is 0 Å². The van der Waals surface area contributed by atoms with Crippen molar-refractivity contribution in [3.8, 4) is 0 Å². The van der Waals surface area contributed by atoms with Crippen LogP contribution >= 0.6 is 0 Å². The average Bonchev–Trinajstić information content (AvgIpc) is 3.17. The van der Waals surface area contributed by atoms with Crippen molar-refractivity contribution in [2.75, 3.05) is 39.5 Å². The van der Waals surface area contributed by atoms with Crippen molar-refractivity contribution < 1.29 is 19.4 Å². The van der Waals surface area contributed by atoms with Gasteiger partial charge in [-0.25, -0.2) is 0 Å². The molecule has 0 bridgehead atoms. The van der Waals surface area contributed by atoms with E-state index in [0.29, 0.717) is 13.2 Å². The predicted molar refractivity (Wildman–Crippen MR) is 234 cm³/mol. The summed E-state index contributed by atoms with van der Waals surface area (Å²) in [4.78, 5) is 12.4. The topological polar surface area (TPSA) is 67.8 Å². The molecule has 53 heavy (non-hydrogen) atoms. The summed E-state index contributed by atoms with van der Waals surface area (Å²) >= 11 is 0. The minimum Gasteiger partial charge on any atom is -0.465 e. The molecule has 0 radical (unpaired) electrons. The minimum atomic E-state index is 0.0801. The zero-order valence-corrected chi connectivity index (χ0v) is 37.1. The molecular weight excluding hydrogens is 655 g/mol. The first-order valence-electron chi connectivity index (χ1n) is 24.2. The Hall–Kier alpha value is -0.650. The molecule has 0 fully saturated rings. The van der Waals surface area contributed by atoms with Crippen LogP contribution in [-0.2, 0) is 14.3 Å². The third-order valence-corrected chi connectivity index (χ3v) is 10.8. The molecule has 0 aliphatic carbocycles. The zero-order chi connectivity index (χ0) is 39.1. The van der Waals surface area contributed by atoms with Gasteiger partial charge in [0.1, 0.15) is 0 Å². The number of rotatable bonds is 43. The van der Waals surface area contributed by atoms with Crippen LogP contribution in [-0.4, -0.2) is 50.6 Å². The van der Waals surface area contributed by atoms with Gasteiger partial charge in [0.05, 0.1) is 12.5 Å². The van der Waals surface area contributed by atoms with E-state index < -0.39 is 0 Å². The molecule has 5 heteroatoms. The maximum absolute atomic E-state index is 12.4. The number of hydrogen-bond donors (Lipinski definition) is 2. The van der Waals surface area contributed by atoms with Gasteiger partial charge in [0.15, 0.2) is 0 Å². The van der Waals surface area contributed by atoms with Crippen LogP contribution in [0.2, 0.25) is 0 Å². The predicted octanol–water partition coefficient (Wildman–Crippen LogP) is 14.7. The molecule has 5 nitrogen and oxygen atoms in total. The number of aliphatic hydroxyl groups is 1. The average molecular weight is 754 g/mol. The number of nitrogens with one attached hydrogen (secondary N) is 1. The largest absolute Gasteiger partial charge is 0.465 e. The van der Waals surface area contributed by atoms with Crippen LogP contribution in [0.5, 0.6) is 0 Å². The highest BCUT2D eigenvalue weighted by molar-refractivity contribution is 5.72. The lowest BCUT2D eigenvalue weighted by atomic mass is 9.94. The molecular formula is C48H99NO4. The lowest BCUT2D eigenvalue weighted by molar-refractivity contribution is -0.149. The van der Waals surface area contributed by atoms with E-state index in [1.165, 1.54) is 186 Å². The lowest BCUT2D eigenvalue weighted by Gasteiger charge is -2.17. The van der Waals surface area contributed by atoms with Gasteiger partial charge in [-0.15, -0.1) is 0 Å². The van der Waals surface area contributed by atoms with Crippen molar-refractivity contribution in [3.05, 3.63) is 0 Å². The SMILES string of the molecule is CCCCCCCCC(CCCCCC)C(=O)OCCCCCC.CCCCCCCCC(CCCCCC)COCCCCCCNCCCCO. The molecule has 2 unspecified atom stereocenters. The number of hydrogen-bond acceptors (Lipinski definition) is 5. The van der Waals surface area contributed by atoms with E-state index >= 15 is 0 Å². The fourth-order valence-electron chi connectivity index (χ4n) is 7.12. The molecule has 0 heterocycles. The molecule has 0 aromatic rings. The monoisotopic (exact) mass is 754 g/mol. The first-order chi connectivity index (χ1) is 26.1. The lowest BCUT2D eigenvalue weighted by Crippen LogP contribution is -2.18. The van der Waals surface area contributed by atoms with Gasteiger partial charge in [0.2, 0.25) is 0 Å². The summed E-state index contributed by atoms with van der Waals surface area (Å²) in [6.07, 6.45) is 43.2. The number of unbranched alkanes of at least 4 members (excludes halogenated alkanes) is 23. The molecule has 0 spiro atoms. The second-order valence-electron chi connectivity index (χ2n) is 16.3. The molecule has 2 atom stereocenters. The molecule has 0 saturated heterocycles. The van der Waals surface area contributed by atoms with Gasteiger partial charge < -0.3 is 19.9 Å². The molecule has 0 aliphatic heterocycles. The van der Waals surface area contributed by atoms with Gasteiger partial charge in [-0.3, -0.25) is 4.79 Å². The van der Waals surface area contributed by atoms with Gasteiger partial charge in [-0.05, 0) is 76.8 Å². The van der Waals surface area contributed by atoms with Crippen molar-refractivity contribution in [3.63, 3.8) is 0 Å². The Labute approximate surface area is 334 Å². The van der Waals surface area contributed by atoms with E-state index in [1.54, 1.807) is 0 Å². The van der Waals surface area contributed by atoms with Crippen molar-refractivity contribution in [2.45, 2.75) is 253 Å². The highest BCUT2D eigenvalue weighted by atomic mass is 16.5. The summed E-state index contributed by atoms with van der Waals surface area (Å²) in [6, 6.07) is 0. The summed E-state index contributed by atoms with van der Waals surface area (Å²) in [5.41, 5.74) is 0. The van der Waals surface area contributed by atoms with Crippen LogP contribution in [0, 0.1) is 11.8 Å². The van der Waals surface area contributed by atoms with Gasteiger partial charge >= 0.3 is 5.97 Å². The number of carbonyl (C=O) groups is 1.